The number of benzene rings is 2. The summed E-state index contributed by atoms with van der Waals surface area (Å²) in [7, 11) is -2.22. The lowest BCUT2D eigenvalue weighted by Gasteiger charge is -2.18. The Kier molecular flexibility index (Phi) is 7.36. The summed E-state index contributed by atoms with van der Waals surface area (Å²) < 4.78 is 37.0. The molecular weight excluding hydrogens is 446 g/mol. The fourth-order valence-electron chi connectivity index (χ4n) is 2.70. The zero-order valence-electron chi connectivity index (χ0n) is 16.1. The second-order valence-corrected chi connectivity index (χ2v) is 9.82. The summed E-state index contributed by atoms with van der Waals surface area (Å²) in [5.41, 5.74) is 0. The van der Waals surface area contributed by atoms with Gasteiger partial charge in [-0.2, -0.15) is 0 Å². The molecule has 0 aliphatic carbocycles. The topological polar surface area (TPSA) is 81.7 Å². The molecule has 0 bridgehead atoms. The Morgan fingerprint density at radius 2 is 1.73 bits per heavy atom. The van der Waals surface area contributed by atoms with Crippen LogP contribution in [0.25, 0.3) is 0 Å². The van der Waals surface area contributed by atoms with E-state index >= 15 is 0 Å². The van der Waals surface area contributed by atoms with Crippen LogP contribution in [0.2, 0.25) is 5.02 Å². The van der Waals surface area contributed by atoms with Crippen molar-refractivity contribution in [2.24, 2.45) is 0 Å². The van der Waals surface area contributed by atoms with Gasteiger partial charge in [-0.3, -0.25) is 4.79 Å². The number of halogens is 1. The molecule has 158 valence electrons. The van der Waals surface area contributed by atoms with Gasteiger partial charge in [0.1, 0.15) is 16.7 Å². The molecule has 3 aromatic rings. The first-order valence-electron chi connectivity index (χ1n) is 8.96. The fourth-order valence-corrected chi connectivity index (χ4v) is 5.61. The van der Waals surface area contributed by atoms with E-state index < -0.39 is 21.0 Å². The van der Waals surface area contributed by atoms with Crippen molar-refractivity contribution >= 4 is 38.7 Å². The van der Waals surface area contributed by atoms with Crippen molar-refractivity contribution in [1.29, 1.82) is 0 Å². The van der Waals surface area contributed by atoms with Crippen molar-refractivity contribution in [2.75, 3.05) is 20.3 Å². The number of methoxy groups -OCH3 is 1. The van der Waals surface area contributed by atoms with Crippen LogP contribution in [0, 0.1) is 0 Å². The summed E-state index contributed by atoms with van der Waals surface area (Å²) in [5.74, 6) is 0.640. The number of rotatable bonds is 9. The number of hydrogen-bond acceptors (Lipinski definition) is 6. The maximum absolute atomic E-state index is 13.2. The third kappa shape index (κ3) is 5.53. The molecular formula is C21H20ClNO5S2. The van der Waals surface area contributed by atoms with Crippen LogP contribution in [0.15, 0.2) is 70.9 Å². The highest BCUT2D eigenvalue weighted by molar-refractivity contribution is 7.91. The quantitative estimate of drug-likeness (QED) is 0.514. The van der Waals surface area contributed by atoms with Crippen LogP contribution < -0.4 is 14.8 Å². The first-order valence-corrected chi connectivity index (χ1v) is 11.8. The fraction of sp³-hybridized carbons (Fsp3) is 0.190. The van der Waals surface area contributed by atoms with Crippen molar-refractivity contribution < 1.29 is 22.7 Å². The van der Waals surface area contributed by atoms with E-state index in [-0.39, 0.29) is 18.0 Å². The highest BCUT2D eigenvalue weighted by Gasteiger charge is 2.30. The molecule has 9 heteroatoms. The second kappa shape index (κ2) is 9.97. The van der Waals surface area contributed by atoms with Crippen LogP contribution in [0.3, 0.4) is 0 Å². The molecule has 0 saturated heterocycles. The predicted octanol–water partition coefficient (Wildman–Crippen LogP) is 4.12. The predicted molar refractivity (Wildman–Crippen MR) is 117 cm³/mol. The van der Waals surface area contributed by atoms with Gasteiger partial charge < -0.3 is 14.8 Å². The lowest BCUT2D eigenvalue weighted by atomic mass is 10.3. The minimum Gasteiger partial charge on any atom is -0.497 e. The summed E-state index contributed by atoms with van der Waals surface area (Å²) >= 11 is 7.14. The van der Waals surface area contributed by atoms with Crippen LogP contribution in [-0.2, 0) is 14.6 Å². The van der Waals surface area contributed by atoms with E-state index in [9.17, 15) is 13.2 Å². The van der Waals surface area contributed by atoms with Crippen LogP contribution in [0.1, 0.15) is 10.1 Å². The summed E-state index contributed by atoms with van der Waals surface area (Å²) in [6, 6.07) is 16.3. The number of carbonyl (C=O) groups excluding carboxylic acids is 1. The van der Waals surface area contributed by atoms with Crippen molar-refractivity contribution in [3.63, 3.8) is 0 Å². The van der Waals surface area contributed by atoms with E-state index in [0.29, 0.717) is 21.4 Å². The minimum absolute atomic E-state index is 0.0717. The molecule has 3 rings (SSSR count). The molecule has 1 heterocycles. The van der Waals surface area contributed by atoms with Crippen LogP contribution in [-0.4, -0.2) is 34.6 Å². The molecule has 0 aliphatic rings. The maximum Gasteiger partial charge on any atom is 0.257 e. The Bertz CT molecular complexity index is 1070. The molecule has 0 aliphatic heterocycles. The first kappa shape index (κ1) is 22.1. The van der Waals surface area contributed by atoms with Crippen LogP contribution >= 0.6 is 22.9 Å². The van der Waals surface area contributed by atoms with Crippen LogP contribution in [0.4, 0.5) is 0 Å². The lowest BCUT2D eigenvalue weighted by Crippen LogP contribution is -2.34. The molecule has 1 N–H and O–H groups in total. The number of hydrogen-bond donors (Lipinski definition) is 1. The summed E-state index contributed by atoms with van der Waals surface area (Å²) in [4.78, 5) is 13.0. The highest BCUT2D eigenvalue weighted by atomic mass is 35.5. The van der Waals surface area contributed by atoms with Gasteiger partial charge in [-0.05, 0) is 60.0 Å². The molecule has 1 unspecified atom stereocenters. The van der Waals surface area contributed by atoms with E-state index in [4.69, 9.17) is 21.1 Å². The molecule has 1 atom stereocenters. The van der Waals surface area contributed by atoms with E-state index in [2.05, 4.69) is 5.32 Å². The van der Waals surface area contributed by atoms with Crippen molar-refractivity contribution in [3.8, 4) is 11.5 Å². The molecule has 6 nitrogen and oxygen atoms in total. The summed E-state index contributed by atoms with van der Waals surface area (Å²) in [6.45, 7) is -0.306. The normalized spacial score (nSPS) is 12.2. The van der Waals surface area contributed by atoms with Gasteiger partial charge in [-0.1, -0.05) is 17.7 Å². The van der Waals surface area contributed by atoms with Gasteiger partial charge in [0.25, 0.3) is 5.91 Å². The molecule has 1 aromatic heterocycles. The highest BCUT2D eigenvalue weighted by Crippen LogP contribution is 2.32. The number of sulfone groups is 1. The van der Waals surface area contributed by atoms with E-state index in [1.165, 1.54) is 30.6 Å². The third-order valence-electron chi connectivity index (χ3n) is 4.29. The van der Waals surface area contributed by atoms with Crippen LogP contribution in [0.5, 0.6) is 11.5 Å². The molecule has 30 heavy (non-hydrogen) atoms. The standard InChI is InChI=1S/C21H20ClNO5S2/c1-27-16-8-10-18(11-9-16)30(25,26)20(19-3-2-12-29-19)13-23-21(24)14-28-17-6-4-15(22)5-7-17/h2-12,20H,13-14H2,1H3,(H,23,24). The molecule has 0 saturated carbocycles. The number of carbonyl (C=O) groups is 1. The minimum atomic E-state index is -3.73. The Balaban J connectivity index is 1.69. The number of amides is 1. The van der Waals surface area contributed by atoms with Gasteiger partial charge in [0.05, 0.1) is 12.0 Å². The van der Waals surface area contributed by atoms with Gasteiger partial charge >= 0.3 is 0 Å². The maximum atomic E-state index is 13.2. The number of thiophene rings is 1. The molecule has 0 fully saturated rings. The molecule has 0 radical (unpaired) electrons. The molecule has 2 aromatic carbocycles. The number of nitrogens with one attached hydrogen (secondary N) is 1. The number of ether oxygens (including phenoxy) is 2. The van der Waals surface area contributed by atoms with Gasteiger partial charge in [0, 0.05) is 16.4 Å². The smallest absolute Gasteiger partial charge is 0.257 e. The molecule has 1 amide bonds. The van der Waals surface area contributed by atoms with Crippen molar-refractivity contribution in [3.05, 3.63) is 75.9 Å². The monoisotopic (exact) mass is 465 g/mol. The van der Waals surface area contributed by atoms with Crippen molar-refractivity contribution in [2.45, 2.75) is 10.1 Å². The zero-order valence-corrected chi connectivity index (χ0v) is 18.5. The lowest BCUT2D eigenvalue weighted by molar-refractivity contribution is -0.123. The Hall–Kier alpha value is -2.55. The van der Waals surface area contributed by atoms with E-state index in [1.807, 2.05) is 0 Å². The van der Waals surface area contributed by atoms with Crippen molar-refractivity contribution in [1.82, 2.24) is 5.32 Å². The second-order valence-electron chi connectivity index (χ2n) is 6.27. The molecule has 0 spiro atoms. The van der Waals surface area contributed by atoms with E-state index in [1.54, 1.807) is 53.9 Å². The largest absolute Gasteiger partial charge is 0.497 e. The Labute approximate surface area is 184 Å². The summed E-state index contributed by atoms with van der Waals surface area (Å²) in [5, 5.41) is 4.12. The third-order valence-corrected chi connectivity index (χ3v) is 7.78. The Morgan fingerprint density at radius 3 is 2.33 bits per heavy atom. The average Bonchev–Trinajstić information content (AvgIpc) is 3.27. The van der Waals surface area contributed by atoms with E-state index in [0.717, 1.165) is 0 Å². The van der Waals surface area contributed by atoms with Gasteiger partial charge in [-0.25, -0.2) is 8.42 Å². The first-order chi connectivity index (χ1) is 14.4. The average molecular weight is 466 g/mol. The van der Waals surface area contributed by atoms with Gasteiger partial charge in [-0.15, -0.1) is 11.3 Å². The van der Waals surface area contributed by atoms with Gasteiger partial charge in [0.2, 0.25) is 0 Å². The SMILES string of the molecule is COc1ccc(S(=O)(=O)C(CNC(=O)COc2ccc(Cl)cc2)c2cccs2)cc1. The summed E-state index contributed by atoms with van der Waals surface area (Å²) in [6.07, 6.45) is 0. The van der Waals surface area contributed by atoms with Gasteiger partial charge in [0.15, 0.2) is 16.4 Å². The zero-order chi connectivity index (χ0) is 21.6. The Morgan fingerprint density at radius 1 is 1.07 bits per heavy atom.